The highest BCUT2D eigenvalue weighted by atomic mass is 16.2. The minimum Gasteiger partial charge on any atom is -0.340 e. The molecule has 112 valence electrons. The van der Waals surface area contributed by atoms with Gasteiger partial charge >= 0.3 is 0 Å². The van der Waals surface area contributed by atoms with Crippen LogP contribution < -0.4 is 0 Å². The third-order valence-electron chi connectivity index (χ3n) is 5.92. The Bertz CT molecular complexity index is 437. The van der Waals surface area contributed by atoms with Gasteiger partial charge in [0.15, 0.2) is 0 Å². The van der Waals surface area contributed by atoms with Gasteiger partial charge in [0.1, 0.15) is 5.54 Å². The molecule has 2 fully saturated rings. The molecule has 4 heteroatoms. The Balaban J connectivity index is 1.96. The first kappa shape index (κ1) is 15.3. The number of rotatable bonds is 2. The van der Waals surface area contributed by atoms with Crippen molar-refractivity contribution >= 4 is 5.91 Å². The van der Waals surface area contributed by atoms with Gasteiger partial charge in [-0.1, -0.05) is 27.7 Å². The van der Waals surface area contributed by atoms with Crippen LogP contribution in [0.25, 0.3) is 0 Å². The zero-order chi connectivity index (χ0) is 15.3. The summed E-state index contributed by atoms with van der Waals surface area (Å²) in [7, 11) is 0. The van der Waals surface area contributed by atoms with Crippen LogP contribution in [0.3, 0.4) is 0 Å². The number of nitrogens with zero attached hydrogens (tertiary/aromatic N) is 3. The molecular formula is C16H27N3O. The first-order chi connectivity index (χ1) is 9.05. The number of carbonyl (C=O) groups excluding carboxylic acids is 1. The van der Waals surface area contributed by atoms with E-state index in [-0.39, 0.29) is 16.7 Å². The van der Waals surface area contributed by atoms with Crippen LogP contribution in [0.15, 0.2) is 0 Å². The summed E-state index contributed by atoms with van der Waals surface area (Å²) in [5.74, 6) is 0.444. The van der Waals surface area contributed by atoms with E-state index in [4.69, 9.17) is 0 Å². The fourth-order valence-corrected chi connectivity index (χ4v) is 3.55. The van der Waals surface area contributed by atoms with Gasteiger partial charge in [0.05, 0.1) is 6.07 Å². The molecule has 4 nitrogen and oxygen atoms in total. The van der Waals surface area contributed by atoms with Crippen LogP contribution in [0.2, 0.25) is 0 Å². The summed E-state index contributed by atoms with van der Waals surface area (Å²) < 4.78 is 0. The van der Waals surface area contributed by atoms with Gasteiger partial charge in [-0.25, -0.2) is 0 Å². The van der Waals surface area contributed by atoms with Crippen molar-refractivity contribution in [2.75, 3.05) is 26.2 Å². The zero-order valence-corrected chi connectivity index (χ0v) is 13.7. The topological polar surface area (TPSA) is 47.3 Å². The number of piperazine rings is 1. The maximum atomic E-state index is 12.7. The monoisotopic (exact) mass is 277 g/mol. The fraction of sp³-hybridized carbons (Fsp3) is 0.875. The van der Waals surface area contributed by atoms with Gasteiger partial charge in [-0.15, -0.1) is 0 Å². The van der Waals surface area contributed by atoms with Crippen LogP contribution in [-0.4, -0.2) is 47.4 Å². The third kappa shape index (κ3) is 2.13. The number of hydrogen-bond acceptors (Lipinski definition) is 3. The van der Waals surface area contributed by atoms with Crippen LogP contribution in [0.5, 0.6) is 0 Å². The summed E-state index contributed by atoms with van der Waals surface area (Å²) in [6.45, 7) is 15.7. The summed E-state index contributed by atoms with van der Waals surface area (Å²) in [5.41, 5.74) is -0.229. The highest BCUT2D eigenvalue weighted by molar-refractivity contribution is 5.84. The second kappa shape index (κ2) is 4.46. The van der Waals surface area contributed by atoms with Crippen LogP contribution >= 0.6 is 0 Å². The smallest absolute Gasteiger partial charge is 0.226 e. The van der Waals surface area contributed by atoms with Gasteiger partial charge in [0.25, 0.3) is 0 Å². The molecule has 0 aromatic carbocycles. The lowest BCUT2D eigenvalue weighted by atomic mass is 10.0. The second-order valence-electron chi connectivity index (χ2n) is 7.86. The van der Waals surface area contributed by atoms with E-state index in [9.17, 15) is 10.1 Å². The molecule has 0 atom stereocenters. The first-order valence-electron chi connectivity index (χ1n) is 7.51. The van der Waals surface area contributed by atoms with E-state index < -0.39 is 5.54 Å². The Morgan fingerprint density at radius 3 is 1.90 bits per heavy atom. The molecule has 1 aliphatic carbocycles. The van der Waals surface area contributed by atoms with Crippen molar-refractivity contribution in [2.45, 2.75) is 47.1 Å². The molecular weight excluding hydrogens is 250 g/mol. The molecule has 0 unspecified atom stereocenters. The summed E-state index contributed by atoms with van der Waals surface area (Å²) >= 11 is 0. The summed E-state index contributed by atoms with van der Waals surface area (Å²) in [5, 5.41) is 9.18. The summed E-state index contributed by atoms with van der Waals surface area (Å²) in [4.78, 5) is 16.8. The van der Waals surface area contributed by atoms with E-state index in [2.05, 4.69) is 38.7 Å². The first-order valence-corrected chi connectivity index (χ1v) is 7.51. The zero-order valence-electron chi connectivity index (χ0n) is 13.7. The van der Waals surface area contributed by atoms with E-state index in [0.717, 1.165) is 26.2 Å². The predicted octanol–water partition coefficient (Wildman–Crippen LogP) is 2.11. The molecule has 0 N–H and O–H groups in total. The molecule has 0 spiro atoms. The molecule has 0 aromatic rings. The number of amides is 1. The van der Waals surface area contributed by atoms with Crippen molar-refractivity contribution in [3.8, 4) is 6.07 Å². The van der Waals surface area contributed by atoms with Crippen LogP contribution in [-0.2, 0) is 4.79 Å². The molecule has 0 bridgehead atoms. The molecule has 2 aliphatic rings. The Kier molecular flexibility index (Phi) is 3.41. The molecule has 0 aromatic heterocycles. The minimum absolute atomic E-state index is 0.104. The largest absolute Gasteiger partial charge is 0.340 e. The lowest BCUT2D eigenvalue weighted by Gasteiger charge is -2.40. The van der Waals surface area contributed by atoms with E-state index in [1.807, 2.05) is 18.7 Å². The van der Waals surface area contributed by atoms with Gasteiger partial charge < -0.3 is 4.90 Å². The average molecular weight is 277 g/mol. The van der Waals surface area contributed by atoms with Gasteiger partial charge in [0, 0.05) is 32.1 Å². The predicted molar refractivity (Wildman–Crippen MR) is 78.9 cm³/mol. The second-order valence-corrected chi connectivity index (χ2v) is 7.86. The van der Waals surface area contributed by atoms with Crippen molar-refractivity contribution in [2.24, 2.45) is 16.7 Å². The normalized spacial score (nSPS) is 26.1. The minimum atomic E-state index is -0.437. The van der Waals surface area contributed by atoms with Crippen molar-refractivity contribution in [3.05, 3.63) is 0 Å². The van der Waals surface area contributed by atoms with Gasteiger partial charge in [-0.3, -0.25) is 9.69 Å². The maximum Gasteiger partial charge on any atom is 0.226 e. The van der Waals surface area contributed by atoms with Crippen molar-refractivity contribution in [1.29, 1.82) is 5.26 Å². The molecule has 0 radical (unpaired) electrons. The van der Waals surface area contributed by atoms with Crippen LogP contribution in [0.1, 0.15) is 41.5 Å². The Morgan fingerprint density at radius 1 is 1.10 bits per heavy atom. The molecule has 1 amide bonds. The molecule has 1 aliphatic heterocycles. The highest BCUT2D eigenvalue weighted by Crippen LogP contribution is 2.68. The Morgan fingerprint density at radius 2 is 1.55 bits per heavy atom. The van der Waals surface area contributed by atoms with Gasteiger partial charge in [-0.05, 0) is 24.7 Å². The van der Waals surface area contributed by atoms with E-state index in [1.54, 1.807) is 0 Å². The number of carbonyl (C=O) groups is 1. The number of hydrogen-bond donors (Lipinski definition) is 0. The molecule has 1 heterocycles. The van der Waals surface area contributed by atoms with E-state index in [0.29, 0.717) is 5.91 Å². The molecule has 1 saturated heterocycles. The van der Waals surface area contributed by atoms with Crippen molar-refractivity contribution in [1.82, 2.24) is 9.80 Å². The Labute approximate surface area is 122 Å². The van der Waals surface area contributed by atoms with Crippen molar-refractivity contribution < 1.29 is 4.79 Å². The highest BCUT2D eigenvalue weighted by Gasteiger charge is 2.68. The summed E-state index contributed by atoms with van der Waals surface area (Å²) in [6.07, 6.45) is 0. The molecule has 1 saturated carbocycles. The standard InChI is InChI=1S/C16H27N3O/c1-14(2,11-17)19-9-7-18(8-10-19)13(20)12-15(3,4)16(12,5)6/h12H,7-10H2,1-6H3. The average Bonchev–Trinajstić information content (AvgIpc) is 2.79. The Hall–Kier alpha value is -1.08. The number of nitriles is 1. The summed E-state index contributed by atoms with van der Waals surface area (Å²) in [6, 6.07) is 2.34. The van der Waals surface area contributed by atoms with Gasteiger partial charge in [0.2, 0.25) is 5.91 Å². The molecule has 20 heavy (non-hydrogen) atoms. The molecule has 2 rings (SSSR count). The maximum absolute atomic E-state index is 12.7. The quantitative estimate of drug-likeness (QED) is 0.776. The van der Waals surface area contributed by atoms with E-state index in [1.165, 1.54) is 0 Å². The fourth-order valence-electron chi connectivity index (χ4n) is 3.55. The van der Waals surface area contributed by atoms with Crippen LogP contribution in [0, 0.1) is 28.1 Å². The van der Waals surface area contributed by atoms with Gasteiger partial charge in [-0.2, -0.15) is 5.26 Å². The van der Waals surface area contributed by atoms with Crippen LogP contribution in [0.4, 0.5) is 0 Å². The lowest BCUT2D eigenvalue weighted by Crippen LogP contribution is -2.55. The SMILES string of the molecule is CC(C)(C#N)N1CCN(C(=O)C2C(C)(C)C2(C)C)CC1. The van der Waals surface area contributed by atoms with E-state index >= 15 is 0 Å². The third-order valence-corrected chi connectivity index (χ3v) is 5.92. The lowest BCUT2D eigenvalue weighted by molar-refractivity contribution is -0.136. The van der Waals surface area contributed by atoms with Crippen molar-refractivity contribution in [3.63, 3.8) is 0 Å².